The SMILES string of the molecule is CC[C@H](C)N(Cc1cc(Cl)ccc1OS(C)(=O)=O)C(=O)COC. The van der Waals surface area contributed by atoms with Gasteiger partial charge in [0.2, 0.25) is 5.91 Å². The Labute approximate surface area is 142 Å². The first-order chi connectivity index (χ1) is 10.7. The Bertz CT molecular complexity index is 647. The van der Waals surface area contributed by atoms with Gasteiger partial charge in [0.15, 0.2) is 0 Å². The summed E-state index contributed by atoms with van der Waals surface area (Å²) in [5, 5.41) is 0.434. The summed E-state index contributed by atoms with van der Waals surface area (Å²) in [6.45, 7) is 4.01. The highest BCUT2D eigenvalue weighted by atomic mass is 35.5. The van der Waals surface area contributed by atoms with Crippen molar-refractivity contribution in [3.05, 3.63) is 28.8 Å². The molecule has 1 amide bonds. The van der Waals surface area contributed by atoms with Crippen LogP contribution < -0.4 is 4.18 Å². The summed E-state index contributed by atoms with van der Waals surface area (Å²) in [5.74, 6) is -0.0254. The molecule has 1 rings (SSSR count). The average Bonchev–Trinajstić information content (AvgIpc) is 2.45. The predicted octanol–water partition coefficient (Wildman–Crippen LogP) is 2.45. The maximum atomic E-state index is 12.2. The topological polar surface area (TPSA) is 72.9 Å². The van der Waals surface area contributed by atoms with Gasteiger partial charge in [-0.2, -0.15) is 8.42 Å². The van der Waals surface area contributed by atoms with Gasteiger partial charge in [-0.05, 0) is 31.5 Å². The van der Waals surface area contributed by atoms with Gasteiger partial charge >= 0.3 is 10.1 Å². The van der Waals surface area contributed by atoms with E-state index in [1.165, 1.54) is 19.2 Å². The Morgan fingerprint density at radius 1 is 1.39 bits per heavy atom. The zero-order valence-electron chi connectivity index (χ0n) is 13.7. The lowest BCUT2D eigenvalue weighted by atomic mass is 10.1. The molecule has 1 aromatic rings. The number of ether oxygens (including phenoxy) is 1. The lowest BCUT2D eigenvalue weighted by Crippen LogP contribution is -2.40. The van der Waals surface area contributed by atoms with E-state index in [1.807, 2.05) is 13.8 Å². The van der Waals surface area contributed by atoms with E-state index in [2.05, 4.69) is 0 Å². The lowest BCUT2D eigenvalue weighted by molar-refractivity contribution is -0.138. The van der Waals surface area contributed by atoms with Crippen molar-refractivity contribution in [2.75, 3.05) is 20.0 Å². The highest BCUT2D eigenvalue weighted by Crippen LogP contribution is 2.26. The number of benzene rings is 1. The molecule has 0 spiro atoms. The number of rotatable bonds is 8. The van der Waals surface area contributed by atoms with Crippen molar-refractivity contribution in [2.24, 2.45) is 0 Å². The molecule has 0 heterocycles. The molecule has 0 aliphatic rings. The molecule has 0 N–H and O–H groups in total. The summed E-state index contributed by atoms with van der Waals surface area (Å²) in [5.41, 5.74) is 0.521. The Morgan fingerprint density at radius 3 is 2.57 bits per heavy atom. The van der Waals surface area contributed by atoms with E-state index >= 15 is 0 Å². The largest absolute Gasteiger partial charge is 0.382 e. The Hall–Kier alpha value is -1.31. The Morgan fingerprint density at radius 2 is 2.04 bits per heavy atom. The van der Waals surface area contributed by atoms with Gasteiger partial charge in [-0.1, -0.05) is 18.5 Å². The Balaban J connectivity index is 3.16. The summed E-state index contributed by atoms with van der Waals surface area (Å²) in [6, 6.07) is 4.57. The highest BCUT2D eigenvalue weighted by molar-refractivity contribution is 7.86. The van der Waals surface area contributed by atoms with Gasteiger partial charge in [0.1, 0.15) is 12.4 Å². The minimum atomic E-state index is -3.68. The molecule has 0 aliphatic heterocycles. The predicted molar refractivity (Wildman–Crippen MR) is 89.1 cm³/mol. The summed E-state index contributed by atoms with van der Waals surface area (Å²) < 4.78 is 32.7. The first kappa shape index (κ1) is 19.7. The maximum absolute atomic E-state index is 12.2. The molecule has 0 unspecified atom stereocenters. The number of carbonyl (C=O) groups is 1. The van der Waals surface area contributed by atoms with Crippen LogP contribution in [0.5, 0.6) is 5.75 Å². The fourth-order valence-electron chi connectivity index (χ4n) is 2.02. The van der Waals surface area contributed by atoms with Crippen molar-refractivity contribution in [3.63, 3.8) is 0 Å². The molecule has 0 radical (unpaired) electrons. The summed E-state index contributed by atoms with van der Waals surface area (Å²) >= 11 is 5.99. The van der Waals surface area contributed by atoms with Crippen LogP contribution in [0.3, 0.4) is 0 Å². The van der Waals surface area contributed by atoms with Gasteiger partial charge in [0.05, 0.1) is 6.26 Å². The number of amides is 1. The molecule has 130 valence electrons. The fourth-order valence-corrected chi connectivity index (χ4v) is 2.70. The van der Waals surface area contributed by atoms with Gasteiger partial charge in [-0.25, -0.2) is 0 Å². The van der Waals surface area contributed by atoms with Crippen molar-refractivity contribution >= 4 is 27.6 Å². The first-order valence-electron chi connectivity index (χ1n) is 7.14. The van der Waals surface area contributed by atoms with Crippen molar-refractivity contribution in [2.45, 2.75) is 32.9 Å². The number of carbonyl (C=O) groups excluding carboxylic acids is 1. The van der Waals surface area contributed by atoms with Crippen molar-refractivity contribution in [3.8, 4) is 5.75 Å². The second-order valence-electron chi connectivity index (χ2n) is 5.25. The van der Waals surface area contributed by atoms with E-state index < -0.39 is 10.1 Å². The van der Waals surface area contributed by atoms with Gasteiger partial charge in [-0.15, -0.1) is 0 Å². The second-order valence-corrected chi connectivity index (χ2v) is 7.26. The zero-order valence-corrected chi connectivity index (χ0v) is 15.3. The zero-order chi connectivity index (χ0) is 17.6. The molecule has 1 atom stereocenters. The summed E-state index contributed by atoms with van der Waals surface area (Å²) in [4.78, 5) is 13.9. The normalized spacial score (nSPS) is 12.7. The van der Waals surface area contributed by atoms with Crippen molar-refractivity contribution < 1.29 is 22.1 Å². The molecule has 0 bridgehead atoms. The van der Waals surface area contributed by atoms with Crippen LogP contribution in [-0.2, 0) is 26.2 Å². The number of halogens is 1. The quantitative estimate of drug-likeness (QED) is 0.663. The molecule has 8 heteroatoms. The van der Waals surface area contributed by atoms with Crippen LogP contribution in [0.1, 0.15) is 25.8 Å². The Kier molecular flexibility index (Phi) is 7.31. The van der Waals surface area contributed by atoms with Crippen LogP contribution in [-0.4, -0.2) is 45.2 Å². The van der Waals surface area contributed by atoms with Gasteiger partial charge in [0.25, 0.3) is 0 Å². The molecule has 1 aromatic carbocycles. The van der Waals surface area contributed by atoms with E-state index in [0.717, 1.165) is 12.7 Å². The van der Waals surface area contributed by atoms with Crippen LogP contribution in [0.2, 0.25) is 5.02 Å². The van der Waals surface area contributed by atoms with E-state index in [1.54, 1.807) is 11.0 Å². The molecule has 23 heavy (non-hydrogen) atoms. The number of hydrogen-bond donors (Lipinski definition) is 0. The summed E-state index contributed by atoms with van der Waals surface area (Å²) in [6.07, 6.45) is 1.71. The van der Waals surface area contributed by atoms with Gasteiger partial charge < -0.3 is 13.8 Å². The molecular formula is C15H22ClNO5S. The lowest BCUT2D eigenvalue weighted by Gasteiger charge is -2.29. The van der Waals surface area contributed by atoms with Crippen LogP contribution in [0.25, 0.3) is 0 Å². The molecule has 0 aliphatic carbocycles. The smallest absolute Gasteiger partial charge is 0.306 e. The second kappa shape index (κ2) is 8.52. The van der Waals surface area contributed by atoms with Gasteiger partial charge in [-0.3, -0.25) is 4.79 Å². The van der Waals surface area contributed by atoms with E-state index in [9.17, 15) is 13.2 Å². The molecule has 0 saturated heterocycles. The minimum absolute atomic E-state index is 0.0392. The van der Waals surface area contributed by atoms with E-state index in [4.69, 9.17) is 20.5 Å². The van der Waals surface area contributed by atoms with Crippen molar-refractivity contribution in [1.29, 1.82) is 0 Å². The van der Waals surface area contributed by atoms with E-state index in [0.29, 0.717) is 10.6 Å². The molecule has 0 fully saturated rings. The third-order valence-corrected chi connectivity index (χ3v) is 4.03. The third-order valence-electron chi connectivity index (χ3n) is 3.32. The molecule has 0 aromatic heterocycles. The molecular weight excluding hydrogens is 342 g/mol. The molecule has 6 nitrogen and oxygen atoms in total. The third kappa shape index (κ3) is 6.37. The fraction of sp³-hybridized carbons (Fsp3) is 0.533. The van der Waals surface area contributed by atoms with Crippen LogP contribution in [0, 0.1) is 0 Å². The van der Waals surface area contributed by atoms with Crippen LogP contribution in [0.4, 0.5) is 0 Å². The number of hydrogen-bond acceptors (Lipinski definition) is 5. The standard InChI is InChI=1S/C15H22ClNO5S/c1-5-11(2)17(15(18)10-21-3)9-12-8-13(16)6-7-14(12)22-23(4,19)20/h6-8,11H,5,9-10H2,1-4H3/t11-/m0/s1. The first-order valence-corrected chi connectivity index (χ1v) is 9.33. The van der Waals surface area contributed by atoms with Crippen LogP contribution >= 0.6 is 11.6 Å². The monoisotopic (exact) mass is 363 g/mol. The van der Waals surface area contributed by atoms with Gasteiger partial charge in [0, 0.05) is 30.3 Å². The van der Waals surface area contributed by atoms with Crippen LogP contribution in [0.15, 0.2) is 18.2 Å². The number of nitrogens with zero attached hydrogens (tertiary/aromatic N) is 1. The minimum Gasteiger partial charge on any atom is -0.382 e. The number of methoxy groups -OCH3 is 1. The van der Waals surface area contributed by atoms with Crippen molar-refractivity contribution in [1.82, 2.24) is 4.90 Å². The highest BCUT2D eigenvalue weighted by Gasteiger charge is 2.21. The average molecular weight is 364 g/mol. The maximum Gasteiger partial charge on any atom is 0.306 e. The summed E-state index contributed by atoms with van der Waals surface area (Å²) in [7, 11) is -2.23. The van der Waals surface area contributed by atoms with E-state index in [-0.39, 0.29) is 30.9 Å². The molecule has 0 saturated carbocycles.